The Kier molecular flexibility index (Phi) is 5.76. The molecular weight excluding hydrogens is 316 g/mol. The van der Waals surface area contributed by atoms with E-state index >= 15 is 0 Å². The Bertz CT molecular complexity index is 584. The Balaban J connectivity index is 1.50. The Morgan fingerprint density at radius 2 is 2.20 bits per heavy atom. The first-order valence-electron chi connectivity index (χ1n) is 9.57. The number of hydrogen-bond donors (Lipinski definition) is 0. The maximum Gasteiger partial charge on any atom is 0.222 e. The largest absolute Gasteiger partial charge is 0.342 e. The summed E-state index contributed by atoms with van der Waals surface area (Å²) in [6, 6.07) is 0.332. The fourth-order valence-corrected chi connectivity index (χ4v) is 4.20. The minimum absolute atomic E-state index is 0.255. The number of likely N-dealkylation sites (tertiary alicyclic amines) is 2. The number of carbonyl (C=O) groups excluding carboxylic acids is 2. The van der Waals surface area contributed by atoms with Gasteiger partial charge in [-0.2, -0.15) is 0 Å². The molecule has 2 atom stereocenters. The van der Waals surface area contributed by atoms with E-state index in [0.717, 1.165) is 45.4 Å². The van der Waals surface area contributed by atoms with E-state index in [1.54, 1.807) is 12.5 Å². The first kappa shape index (κ1) is 18.0. The van der Waals surface area contributed by atoms with Gasteiger partial charge in [0.1, 0.15) is 0 Å². The van der Waals surface area contributed by atoms with Crippen LogP contribution in [0.4, 0.5) is 0 Å². The lowest BCUT2D eigenvalue weighted by Gasteiger charge is -2.47. The molecule has 2 aliphatic heterocycles. The molecule has 0 aromatic carbocycles. The van der Waals surface area contributed by atoms with Crippen LogP contribution in [0.15, 0.2) is 18.7 Å². The molecule has 2 aliphatic rings. The van der Waals surface area contributed by atoms with Crippen molar-refractivity contribution < 1.29 is 9.59 Å². The molecule has 6 heteroatoms. The lowest BCUT2D eigenvalue weighted by molar-refractivity contribution is -0.144. The Morgan fingerprint density at radius 1 is 1.36 bits per heavy atom. The highest BCUT2D eigenvalue weighted by Crippen LogP contribution is 2.32. The molecule has 0 saturated carbocycles. The zero-order valence-corrected chi connectivity index (χ0v) is 15.4. The Hall–Kier alpha value is -1.85. The highest BCUT2D eigenvalue weighted by Gasteiger charge is 2.40. The molecule has 2 fully saturated rings. The van der Waals surface area contributed by atoms with Gasteiger partial charge in [-0.15, -0.1) is 0 Å². The zero-order valence-electron chi connectivity index (χ0n) is 15.4. The van der Waals surface area contributed by atoms with E-state index in [4.69, 9.17) is 0 Å². The molecule has 0 aliphatic carbocycles. The Labute approximate surface area is 150 Å². The molecule has 0 bridgehead atoms. The van der Waals surface area contributed by atoms with E-state index in [1.807, 2.05) is 15.7 Å². The Morgan fingerprint density at radius 3 is 2.92 bits per heavy atom. The van der Waals surface area contributed by atoms with E-state index in [9.17, 15) is 9.59 Å². The van der Waals surface area contributed by atoms with E-state index in [-0.39, 0.29) is 5.91 Å². The molecule has 0 N–H and O–H groups in total. The first-order chi connectivity index (χ1) is 12.0. The van der Waals surface area contributed by atoms with Gasteiger partial charge >= 0.3 is 0 Å². The lowest BCUT2D eigenvalue weighted by atomic mass is 9.83. The van der Waals surface area contributed by atoms with Crippen molar-refractivity contribution in [3.63, 3.8) is 0 Å². The van der Waals surface area contributed by atoms with Gasteiger partial charge in [-0.1, -0.05) is 13.8 Å². The smallest absolute Gasteiger partial charge is 0.222 e. The number of fused-ring (bicyclic) bond motifs is 1. The van der Waals surface area contributed by atoms with E-state index < -0.39 is 0 Å². The molecule has 25 heavy (non-hydrogen) atoms. The van der Waals surface area contributed by atoms with Gasteiger partial charge in [0, 0.05) is 57.5 Å². The van der Waals surface area contributed by atoms with E-state index in [0.29, 0.717) is 36.6 Å². The van der Waals surface area contributed by atoms with Crippen LogP contribution in [0.2, 0.25) is 0 Å². The van der Waals surface area contributed by atoms with Crippen LogP contribution in [0, 0.1) is 11.8 Å². The predicted octanol–water partition coefficient (Wildman–Crippen LogP) is 2.16. The van der Waals surface area contributed by atoms with Crippen LogP contribution in [0.3, 0.4) is 0 Å². The number of aryl methyl sites for hydroxylation is 1. The number of hydrogen-bond acceptors (Lipinski definition) is 3. The second-order valence-corrected chi connectivity index (χ2v) is 7.84. The van der Waals surface area contributed by atoms with Gasteiger partial charge in [-0.05, 0) is 31.1 Å². The molecule has 0 unspecified atom stereocenters. The van der Waals surface area contributed by atoms with Gasteiger partial charge in [0.05, 0.1) is 6.33 Å². The van der Waals surface area contributed by atoms with Gasteiger partial charge in [0.2, 0.25) is 11.8 Å². The summed E-state index contributed by atoms with van der Waals surface area (Å²) < 4.78 is 2.01. The van der Waals surface area contributed by atoms with Gasteiger partial charge in [-0.25, -0.2) is 4.98 Å². The normalized spacial score (nSPS) is 23.9. The maximum atomic E-state index is 12.5. The van der Waals surface area contributed by atoms with Crippen molar-refractivity contribution in [1.82, 2.24) is 19.4 Å². The van der Waals surface area contributed by atoms with E-state index in [1.165, 1.54) is 0 Å². The topological polar surface area (TPSA) is 58.4 Å². The van der Waals surface area contributed by atoms with Crippen LogP contribution < -0.4 is 0 Å². The van der Waals surface area contributed by atoms with Crippen molar-refractivity contribution in [3.8, 4) is 0 Å². The van der Waals surface area contributed by atoms with Gasteiger partial charge in [-0.3, -0.25) is 9.59 Å². The lowest BCUT2D eigenvalue weighted by Crippen LogP contribution is -2.57. The third-order valence-corrected chi connectivity index (χ3v) is 5.42. The van der Waals surface area contributed by atoms with Crippen molar-refractivity contribution in [3.05, 3.63) is 18.7 Å². The summed E-state index contributed by atoms with van der Waals surface area (Å²) in [5.74, 6) is 1.49. The van der Waals surface area contributed by atoms with E-state index in [2.05, 4.69) is 23.7 Å². The molecule has 1 aromatic rings. The molecule has 6 nitrogen and oxygen atoms in total. The highest BCUT2D eigenvalue weighted by atomic mass is 16.2. The number of imidazole rings is 1. The molecule has 0 spiro atoms. The number of amides is 2. The summed E-state index contributed by atoms with van der Waals surface area (Å²) in [4.78, 5) is 33.0. The minimum atomic E-state index is 0.255. The van der Waals surface area contributed by atoms with Gasteiger partial charge < -0.3 is 14.4 Å². The number of carbonyl (C=O) groups is 2. The third-order valence-electron chi connectivity index (χ3n) is 5.42. The molecule has 0 radical (unpaired) electrons. The molecule has 1 aromatic heterocycles. The minimum Gasteiger partial charge on any atom is -0.342 e. The molecule has 138 valence electrons. The second kappa shape index (κ2) is 8.02. The van der Waals surface area contributed by atoms with Crippen molar-refractivity contribution in [2.24, 2.45) is 11.8 Å². The molecular formula is C19H30N4O2. The van der Waals surface area contributed by atoms with Crippen LogP contribution in [-0.2, 0) is 16.1 Å². The summed E-state index contributed by atoms with van der Waals surface area (Å²) >= 11 is 0. The van der Waals surface area contributed by atoms with Crippen LogP contribution in [0.25, 0.3) is 0 Å². The van der Waals surface area contributed by atoms with Crippen molar-refractivity contribution in [2.45, 2.75) is 58.5 Å². The summed E-state index contributed by atoms with van der Waals surface area (Å²) in [6.07, 6.45) is 9.41. The number of piperidine rings is 2. The third kappa shape index (κ3) is 4.41. The summed E-state index contributed by atoms with van der Waals surface area (Å²) in [5.41, 5.74) is 0. The summed E-state index contributed by atoms with van der Waals surface area (Å²) in [6.45, 7) is 7.61. The monoisotopic (exact) mass is 346 g/mol. The van der Waals surface area contributed by atoms with Gasteiger partial charge in [0.15, 0.2) is 0 Å². The number of aromatic nitrogens is 2. The standard InChI is InChI=1S/C19H30N4O2/c1-15(2)12-23-17-7-10-22(13-16(17)5-6-19(23)25)18(24)4-3-9-21-11-8-20-14-21/h8,11,14-17H,3-7,9-10,12-13H2,1-2H3/t16-,17+/m0/s1. The van der Waals surface area contributed by atoms with Crippen LogP contribution in [0.1, 0.15) is 46.0 Å². The molecule has 3 heterocycles. The second-order valence-electron chi connectivity index (χ2n) is 7.84. The van der Waals surface area contributed by atoms with Crippen LogP contribution >= 0.6 is 0 Å². The zero-order chi connectivity index (χ0) is 17.8. The number of nitrogens with zero attached hydrogens (tertiary/aromatic N) is 4. The molecule has 2 amide bonds. The van der Waals surface area contributed by atoms with Crippen molar-refractivity contribution in [2.75, 3.05) is 19.6 Å². The fraction of sp³-hybridized carbons (Fsp3) is 0.737. The van der Waals surface area contributed by atoms with Crippen molar-refractivity contribution in [1.29, 1.82) is 0 Å². The maximum absolute atomic E-state index is 12.5. The first-order valence-corrected chi connectivity index (χ1v) is 9.57. The summed E-state index contributed by atoms with van der Waals surface area (Å²) in [5, 5.41) is 0. The average molecular weight is 346 g/mol. The number of rotatable bonds is 6. The van der Waals surface area contributed by atoms with Crippen molar-refractivity contribution >= 4 is 11.8 Å². The fourth-order valence-electron chi connectivity index (χ4n) is 4.20. The van der Waals surface area contributed by atoms with Crippen LogP contribution in [0.5, 0.6) is 0 Å². The highest BCUT2D eigenvalue weighted by molar-refractivity contribution is 5.78. The van der Waals surface area contributed by atoms with Crippen LogP contribution in [-0.4, -0.2) is 56.8 Å². The molecule has 2 saturated heterocycles. The SMILES string of the molecule is CC(C)CN1C(=O)CC[C@H]2CN(C(=O)CCCn3ccnc3)CC[C@H]21. The van der Waals surface area contributed by atoms with Gasteiger partial charge in [0.25, 0.3) is 0 Å². The average Bonchev–Trinajstić information content (AvgIpc) is 3.10. The predicted molar refractivity (Wildman–Crippen MR) is 95.7 cm³/mol. The quantitative estimate of drug-likeness (QED) is 0.793. The summed E-state index contributed by atoms with van der Waals surface area (Å²) in [7, 11) is 0. The molecule has 3 rings (SSSR count).